The van der Waals surface area contributed by atoms with E-state index in [0.717, 1.165) is 104 Å². The van der Waals surface area contributed by atoms with E-state index in [9.17, 15) is 0 Å². The molecule has 280 valence electrons. The molecular formula is C46H42Cl2N8. The van der Waals surface area contributed by atoms with Crippen LogP contribution in [-0.4, -0.2) is 55.2 Å². The first-order chi connectivity index (χ1) is 27.4. The minimum Gasteiger partial charge on any atom is -0.356 e. The van der Waals surface area contributed by atoms with Gasteiger partial charge in [0.15, 0.2) is 11.3 Å². The van der Waals surface area contributed by atoms with Gasteiger partial charge in [-0.2, -0.15) is 0 Å². The lowest BCUT2D eigenvalue weighted by Crippen LogP contribution is -2.19. The molecule has 10 rings (SSSR count). The Labute approximate surface area is 337 Å². The molecule has 2 fully saturated rings. The van der Waals surface area contributed by atoms with Gasteiger partial charge in [-0.15, -0.1) is 0 Å². The van der Waals surface area contributed by atoms with Gasteiger partial charge in [0.1, 0.15) is 24.3 Å². The molecule has 8 aromatic rings. The third kappa shape index (κ3) is 6.99. The largest absolute Gasteiger partial charge is 0.356 e. The zero-order valence-corrected chi connectivity index (χ0v) is 33.0. The van der Waals surface area contributed by atoms with E-state index in [2.05, 4.69) is 138 Å². The fraction of sp³-hybridized carbons (Fsp3) is 0.217. The predicted octanol–water partition coefficient (Wildman–Crippen LogP) is 11.3. The van der Waals surface area contributed by atoms with Gasteiger partial charge in [-0.1, -0.05) is 82.9 Å². The molecule has 0 radical (unpaired) electrons. The molecule has 0 aliphatic carbocycles. The number of aromatic nitrogens is 6. The molecule has 0 N–H and O–H groups in total. The fourth-order valence-corrected chi connectivity index (χ4v) is 8.18. The smallest absolute Gasteiger partial charge is 0.150 e. The maximum absolute atomic E-state index is 6.13. The highest BCUT2D eigenvalue weighted by Crippen LogP contribution is 2.39. The topological polar surface area (TPSA) is 67.9 Å². The lowest BCUT2D eigenvalue weighted by Gasteiger charge is -2.17. The van der Waals surface area contributed by atoms with Crippen LogP contribution >= 0.6 is 23.2 Å². The van der Waals surface area contributed by atoms with E-state index < -0.39 is 0 Å². The van der Waals surface area contributed by atoms with Crippen LogP contribution in [0.2, 0.25) is 10.0 Å². The van der Waals surface area contributed by atoms with Gasteiger partial charge < -0.3 is 18.9 Å². The second-order valence-electron chi connectivity index (χ2n) is 14.7. The molecule has 0 unspecified atom stereocenters. The number of fused-ring (bicyclic) bond motifs is 2. The van der Waals surface area contributed by atoms with E-state index in [4.69, 9.17) is 23.2 Å². The molecule has 0 bridgehead atoms. The number of aryl methyl sites for hydroxylation is 2. The van der Waals surface area contributed by atoms with Crippen LogP contribution in [0.15, 0.2) is 122 Å². The van der Waals surface area contributed by atoms with Gasteiger partial charge in [-0.3, -0.25) is 0 Å². The second kappa shape index (κ2) is 15.4. The fourth-order valence-electron chi connectivity index (χ4n) is 7.93. The summed E-state index contributed by atoms with van der Waals surface area (Å²) in [6.45, 7) is 8.38. The molecule has 0 atom stereocenters. The van der Waals surface area contributed by atoms with Crippen molar-refractivity contribution in [3.05, 3.63) is 143 Å². The van der Waals surface area contributed by atoms with Crippen LogP contribution in [0.5, 0.6) is 0 Å². The molecule has 10 heteroatoms. The maximum Gasteiger partial charge on any atom is 0.150 e. The van der Waals surface area contributed by atoms with E-state index in [-0.39, 0.29) is 0 Å². The third-order valence-electron chi connectivity index (χ3n) is 10.9. The van der Waals surface area contributed by atoms with Crippen molar-refractivity contribution in [1.29, 1.82) is 0 Å². The van der Waals surface area contributed by atoms with Crippen LogP contribution in [0.4, 0.5) is 11.6 Å². The molecule has 0 saturated carbocycles. The highest BCUT2D eigenvalue weighted by Gasteiger charge is 2.24. The number of rotatable bonds is 6. The third-order valence-corrected chi connectivity index (χ3v) is 11.4. The molecule has 6 heterocycles. The van der Waals surface area contributed by atoms with Crippen molar-refractivity contribution in [2.24, 2.45) is 0 Å². The van der Waals surface area contributed by atoms with Gasteiger partial charge >= 0.3 is 0 Å². The number of nitrogens with zero attached hydrogens (tertiary/aromatic N) is 8. The van der Waals surface area contributed by atoms with Gasteiger partial charge in [0.25, 0.3) is 0 Å². The van der Waals surface area contributed by atoms with Crippen LogP contribution < -0.4 is 9.80 Å². The molecule has 0 amide bonds. The number of hydrogen-bond acceptors (Lipinski definition) is 6. The Morgan fingerprint density at radius 3 is 1.16 bits per heavy atom. The standard InChI is InChI=1S/2C23H21ClN4/c2*1-16-4-10-19(11-5-16)28-14-20(17-6-8-18(24)9-7-17)21-22(25-15-26-23(21)28)27-12-2-3-13-27/h2*4-11,14-15H,2-3,12-13H2,1H3. The molecule has 2 aliphatic rings. The van der Waals surface area contributed by atoms with Crippen LogP contribution in [-0.2, 0) is 0 Å². The Morgan fingerprint density at radius 1 is 0.446 bits per heavy atom. The van der Waals surface area contributed by atoms with Gasteiger partial charge in [0.2, 0.25) is 0 Å². The zero-order valence-electron chi connectivity index (χ0n) is 31.5. The molecule has 2 aliphatic heterocycles. The Bertz CT molecular complexity index is 2430. The summed E-state index contributed by atoms with van der Waals surface area (Å²) in [5.41, 5.74) is 11.1. The van der Waals surface area contributed by atoms with Crippen LogP contribution in [0.1, 0.15) is 36.8 Å². The van der Waals surface area contributed by atoms with E-state index >= 15 is 0 Å². The van der Waals surface area contributed by atoms with Crippen molar-refractivity contribution < 1.29 is 0 Å². The second-order valence-corrected chi connectivity index (χ2v) is 15.6. The molecule has 4 aromatic heterocycles. The lowest BCUT2D eigenvalue weighted by molar-refractivity contribution is 0.937. The monoisotopic (exact) mass is 776 g/mol. The molecule has 56 heavy (non-hydrogen) atoms. The van der Waals surface area contributed by atoms with Gasteiger partial charge in [0.05, 0.1) is 10.8 Å². The summed E-state index contributed by atoms with van der Waals surface area (Å²) in [6, 6.07) is 33.1. The molecular weight excluding hydrogens is 735 g/mol. The van der Waals surface area contributed by atoms with Crippen molar-refractivity contribution >= 4 is 56.9 Å². The molecule has 2 saturated heterocycles. The summed E-state index contributed by atoms with van der Waals surface area (Å²) in [5, 5.41) is 3.68. The van der Waals surface area contributed by atoms with Gasteiger partial charge in [0, 0.05) is 71.1 Å². The van der Waals surface area contributed by atoms with Crippen LogP contribution in [0, 0.1) is 13.8 Å². The van der Waals surface area contributed by atoms with Crippen molar-refractivity contribution in [2.45, 2.75) is 39.5 Å². The number of anilines is 2. The van der Waals surface area contributed by atoms with E-state index in [1.54, 1.807) is 12.7 Å². The number of hydrogen-bond donors (Lipinski definition) is 0. The van der Waals surface area contributed by atoms with Gasteiger partial charge in [-0.05, 0) is 99.2 Å². The van der Waals surface area contributed by atoms with Crippen molar-refractivity contribution in [2.75, 3.05) is 36.0 Å². The highest BCUT2D eigenvalue weighted by molar-refractivity contribution is 6.31. The van der Waals surface area contributed by atoms with Crippen LogP contribution in [0.25, 0.3) is 55.7 Å². The zero-order chi connectivity index (χ0) is 38.2. The van der Waals surface area contributed by atoms with Gasteiger partial charge in [-0.25, -0.2) is 19.9 Å². The number of benzene rings is 4. The summed E-state index contributed by atoms with van der Waals surface area (Å²) in [7, 11) is 0. The highest BCUT2D eigenvalue weighted by atomic mass is 35.5. The van der Waals surface area contributed by atoms with Crippen LogP contribution in [0.3, 0.4) is 0 Å². The Hall–Kier alpha value is -5.70. The SMILES string of the molecule is Cc1ccc(-n2cc(-c3ccc(Cl)cc3)c3c(N4CCCC4)ncnc32)cc1.Cc1ccc(-n2cc(-c3ccc(Cl)cc3)c3c(N4CCCC4)ncnc32)cc1. The summed E-state index contributed by atoms with van der Waals surface area (Å²) >= 11 is 12.3. The normalized spacial score (nSPS) is 14.1. The lowest BCUT2D eigenvalue weighted by atomic mass is 10.1. The Morgan fingerprint density at radius 2 is 0.804 bits per heavy atom. The van der Waals surface area contributed by atoms with E-state index in [1.807, 2.05) is 24.3 Å². The Kier molecular flexibility index (Phi) is 9.92. The number of halogens is 2. The average molecular weight is 778 g/mol. The summed E-state index contributed by atoms with van der Waals surface area (Å²) in [5.74, 6) is 2.05. The molecule has 8 nitrogen and oxygen atoms in total. The van der Waals surface area contributed by atoms with Crippen molar-refractivity contribution in [3.8, 4) is 33.6 Å². The summed E-state index contributed by atoms with van der Waals surface area (Å²) in [4.78, 5) is 23.5. The van der Waals surface area contributed by atoms with Crippen molar-refractivity contribution in [1.82, 2.24) is 29.1 Å². The summed E-state index contributed by atoms with van der Waals surface area (Å²) < 4.78 is 4.33. The summed E-state index contributed by atoms with van der Waals surface area (Å²) in [6.07, 6.45) is 12.6. The maximum atomic E-state index is 6.13. The van der Waals surface area contributed by atoms with Crippen molar-refractivity contribution in [3.63, 3.8) is 0 Å². The molecule has 4 aromatic carbocycles. The first-order valence-electron chi connectivity index (χ1n) is 19.3. The van der Waals surface area contributed by atoms with E-state index in [1.165, 1.54) is 36.8 Å². The molecule has 0 spiro atoms. The van der Waals surface area contributed by atoms with E-state index in [0.29, 0.717) is 0 Å². The average Bonchev–Trinajstić information content (AvgIpc) is 4.07. The minimum absolute atomic E-state index is 0.738. The Balaban J connectivity index is 0.000000146. The first kappa shape index (κ1) is 36.0. The minimum atomic E-state index is 0.738. The predicted molar refractivity (Wildman–Crippen MR) is 231 cm³/mol. The first-order valence-corrected chi connectivity index (χ1v) is 20.0. The quantitative estimate of drug-likeness (QED) is 0.167.